The van der Waals surface area contributed by atoms with Gasteiger partial charge < -0.3 is 9.84 Å². The lowest BCUT2D eigenvalue weighted by Crippen LogP contribution is -2.38. The standard InChI is InChI=1S/C21H28O3/c1-3-20(23)24-19-9-8-18-17-6-4-13-12-14(22)5-7-15(13)16(17)10-11-21(18,19)2/h4,6,14,18-19,22H,3,5,7-12H2,1-2H3/t14?,18-,19?,21-/m0/s1. The van der Waals surface area contributed by atoms with Gasteiger partial charge in [0.2, 0.25) is 0 Å². The fourth-order valence-electron chi connectivity index (χ4n) is 5.43. The first-order valence-corrected chi connectivity index (χ1v) is 9.54. The molecule has 1 N–H and O–H groups in total. The van der Waals surface area contributed by atoms with E-state index in [1.165, 1.54) is 16.7 Å². The molecule has 0 saturated heterocycles. The van der Waals surface area contributed by atoms with Gasteiger partial charge in [-0.2, -0.15) is 0 Å². The van der Waals surface area contributed by atoms with Crippen molar-refractivity contribution in [3.8, 4) is 0 Å². The smallest absolute Gasteiger partial charge is 0.305 e. The summed E-state index contributed by atoms with van der Waals surface area (Å²) in [7, 11) is 0. The molecule has 4 atom stereocenters. The average molecular weight is 328 g/mol. The van der Waals surface area contributed by atoms with Gasteiger partial charge in [-0.05, 0) is 73.1 Å². The first-order valence-electron chi connectivity index (χ1n) is 9.54. The molecule has 0 aliphatic heterocycles. The highest BCUT2D eigenvalue weighted by atomic mass is 16.5. The van der Waals surface area contributed by atoms with E-state index in [0.717, 1.165) is 44.9 Å². The van der Waals surface area contributed by atoms with Crippen LogP contribution in [0.1, 0.15) is 74.1 Å². The first-order chi connectivity index (χ1) is 11.5. The zero-order valence-corrected chi connectivity index (χ0v) is 14.8. The van der Waals surface area contributed by atoms with Crippen LogP contribution in [0, 0.1) is 5.41 Å². The van der Waals surface area contributed by atoms with E-state index in [4.69, 9.17) is 4.74 Å². The molecule has 1 fully saturated rings. The second kappa shape index (κ2) is 5.87. The van der Waals surface area contributed by atoms with E-state index >= 15 is 0 Å². The van der Waals surface area contributed by atoms with Crippen LogP contribution in [0.25, 0.3) is 0 Å². The highest BCUT2D eigenvalue weighted by Crippen LogP contribution is 2.57. The summed E-state index contributed by atoms with van der Waals surface area (Å²) in [6.07, 6.45) is 7.36. The highest BCUT2D eigenvalue weighted by molar-refractivity contribution is 5.69. The predicted molar refractivity (Wildman–Crippen MR) is 93.0 cm³/mol. The molecule has 0 spiro atoms. The van der Waals surface area contributed by atoms with Crippen molar-refractivity contribution < 1.29 is 14.6 Å². The quantitative estimate of drug-likeness (QED) is 0.842. The number of fused-ring (bicyclic) bond motifs is 5. The van der Waals surface area contributed by atoms with E-state index in [9.17, 15) is 9.90 Å². The number of hydrogen-bond acceptors (Lipinski definition) is 3. The van der Waals surface area contributed by atoms with Crippen molar-refractivity contribution in [2.75, 3.05) is 0 Å². The topological polar surface area (TPSA) is 46.5 Å². The van der Waals surface area contributed by atoms with Gasteiger partial charge in [0.15, 0.2) is 0 Å². The summed E-state index contributed by atoms with van der Waals surface area (Å²) in [5.74, 6) is 0.445. The lowest BCUT2D eigenvalue weighted by Gasteiger charge is -2.42. The number of carbonyl (C=O) groups excluding carboxylic acids is 1. The SMILES string of the molecule is CCC(=O)OC1CC[C@H]2c3ccc4c(c3CC[C@]12C)CCC(O)C4. The number of esters is 1. The molecular weight excluding hydrogens is 300 g/mol. The summed E-state index contributed by atoms with van der Waals surface area (Å²) in [5, 5.41) is 9.94. The highest BCUT2D eigenvalue weighted by Gasteiger charge is 2.51. The molecule has 1 aromatic carbocycles. The fourth-order valence-corrected chi connectivity index (χ4v) is 5.43. The van der Waals surface area contributed by atoms with Gasteiger partial charge in [0, 0.05) is 11.8 Å². The Labute approximate surface area is 144 Å². The first kappa shape index (κ1) is 16.1. The molecule has 3 nitrogen and oxygen atoms in total. The van der Waals surface area contributed by atoms with Gasteiger partial charge in [-0.15, -0.1) is 0 Å². The van der Waals surface area contributed by atoms with Crippen molar-refractivity contribution in [3.63, 3.8) is 0 Å². The lowest BCUT2D eigenvalue weighted by atomic mass is 9.64. The van der Waals surface area contributed by atoms with E-state index in [-0.39, 0.29) is 23.6 Å². The Balaban J connectivity index is 1.67. The summed E-state index contributed by atoms with van der Waals surface area (Å²) < 4.78 is 5.80. The number of aliphatic hydroxyl groups is 1. The Morgan fingerprint density at radius 1 is 1.25 bits per heavy atom. The summed E-state index contributed by atoms with van der Waals surface area (Å²) in [4.78, 5) is 11.8. The van der Waals surface area contributed by atoms with Gasteiger partial charge >= 0.3 is 5.97 Å². The molecule has 0 radical (unpaired) electrons. The third kappa shape index (κ3) is 2.40. The van der Waals surface area contributed by atoms with E-state index in [1.807, 2.05) is 6.92 Å². The molecule has 3 heteroatoms. The second-order valence-electron chi connectivity index (χ2n) is 8.14. The number of hydrogen-bond donors (Lipinski definition) is 1. The fraction of sp³-hybridized carbons (Fsp3) is 0.667. The molecule has 0 heterocycles. The summed E-state index contributed by atoms with van der Waals surface area (Å²) in [5.41, 5.74) is 5.98. The summed E-state index contributed by atoms with van der Waals surface area (Å²) >= 11 is 0. The Kier molecular flexibility index (Phi) is 3.95. The lowest BCUT2D eigenvalue weighted by molar-refractivity contribution is -0.154. The van der Waals surface area contributed by atoms with Gasteiger partial charge in [-0.1, -0.05) is 26.0 Å². The third-order valence-corrected chi connectivity index (χ3v) is 6.85. The Morgan fingerprint density at radius 2 is 2.08 bits per heavy atom. The largest absolute Gasteiger partial charge is 0.462 e. The zero-order chi connectivity index (χ0) is 16.9. The van der Waals surface area contributed by atoms with Crippen LogP contribution in [0.5, 0.6) is 0 Å². The molecule has 1 aromatic rings. The zero-order valence-electron chi connectivity index (χ0n) is 14.8. The third-order valence-electron chi connectivity index (χ3n) is 6.85. The van der Waals surface area contributed by atoms with Crippen LogP contribution < -0.4 is 0 Å². The number of benzene rings is 1. The molecular formula is C21H28O3. The van der Waals surface area contributed by atoms with E-state index in [2.05, 4.69) is 19.1 Å². The summed E-state index contributed by atoms with van der Waals surface area (Å²) in [6.45, 7) is 4.19. The van der Waals surface area contributed by atoms with E-state index in [1.54, 1.807) is 5.56 Å². The molecule has 0 amide bonds. The van der Waals surface area contributed by atoms with Crippen LogP contribution >= 0.6 is 0 Å². The molecule has 2 unspecified atom stereocenters. The van der Waals surface area contributed by atoms with Gasteiger partial charge in [-0.3, -0.25) is 4.79 Å². The minimum atomic E-state index is -0.172. The van der Waals surface area contributed by atoms with Gasteiger partial charge in [-0.25, -0.2) is 0 Å². The Morgan fingerprint density at radius 3 is 2.88 bits per heavy atom. The van der Waals surface area contributed by atoms with Gasteiger partial charge in [0.1, 0.15) is 6.10 Å². The molecule has 130 valence electrons. The minimum absolute atomic E-state index is 0.0629. The number of aliphatic hydroxyl groups excluding tert-OH is 1. The van der Waals surface area contributed by atoms with Crippen molar-refractivity contribution >= 4 is 5.97 Å². The number of rotatable bonds is 2. The maximum atomic E-state index is 11.8. The van der Waals surface area contributed by atoms with Crippen LogP contribution in [0.15, 0.2) is 12.1 Å². The van der Waals surface area contributed by atoms with Gasteiger partial charge in [0.05, 0.1) is 6.10 Å². The van der Waals surface area contributed by atoms with E-state index < -0.39 is 0 Å². The summed E-state index contributed by atoms with van der Waals surface area (Å²) in [6, 6.07) is 4.55. The van der Waals surface area contributed by atoms with Crippen LogP contribution in [0.2, 0.25) is 0 Å². The molecule has 0 bridgehead atoms. The maximum Gasteiger partial charge on any atom is 0.305 e. The Bertz CT molecular complexity index is 665. The molecule has 24 heavy (non-hydrogen) atoms. The van der Waals surface area contributed by atoms with Crippen molar-refractivity contribution in [3.05, 3.63) is 34.4 Å². The molecule has 4 rings (SSSR count). The van der Waals surface area contributed by atoms with Crippen molar-refractivity contribution in [1.29, 1.82) is 0 Å². The Hall–Kier alpha value is -1.35. The van der Waals surface area contributed by atoms with Crippen LogP contribution in [0.4, 0.5) is 0 Å². The van der Waals surface area contributed by atoms with E-state index in [0.29, 0.717) is 12.3 Å². The second-order valence-corrected chi connectivity index (χ2v) is 8.14. The average Bonchev–Trinajstić information content (AvgIpc) is 2.90. The molecule has 1 saturated carbocycles. The minimum Gasteiger partial charge on any atom is -0.462 e. The van der Waals surface area contributed by atoms with Crippen LogP contribution in [-0.2, 0) is 28.8 Å². The maximum absolute atomic E-state index is 11.8. The molecule has 0 aromatic heterocycles. The molecule has 3 aliphatic rings. The monoisotopic (exact) mass is 328 g/mol. The number of carbonyl (C=O) groups is 1. The normalized spacial score (nSPS) is 34.2. The van der Waals surface area contributed by atoms with Crippen molar-refractivity contribution in [1.82, 2.24) is 0 Å². The van der Waals surface area contributed by atoms with Crippen molar-refractivity contribution in [2.24, 2.45) is 5.41 Å². The number of ether oxygens (including phenoxy) is 1. The predicted octanol–water partition coefficient (Wildman–Crippen LogP) is 3.69. The van der Waals surface area contributed by atoms with Crippen LogP contribution in [-0.4, -0.2) is 23.3 Å². The van der Waals surface area contributed by atoms with Crippen molar-refractivity contribution in [2.45, 2.75) is 83.3 Å². The molecule has 3 aliphatic carbocycles. The van der Waals surface area contributed by atoms with Crippen LogP contribution in [0.3, 0.4) is 0 Å². The van der Waals surface area contributed by atoms with Gasteiger partial charge in [0.25, 0.3) is 0 Å².